The molecule has 2 rings (SSSR count). The number of ether oxygens (including phenoxy) is 1. The van der Waals surface area contributed by atoms with Crippen molar-refractivity contribution in [2.75, 3.05) is 0 Å². The first-order valence-electron chi connectivity index (χ1n) is 4.97. The number of nitro groups is 1. The number of nitrogens with zero attached hydrogens (tertiary/aromatic N) is 3. The van der Waals surface area contributed by atoms with E-state index in [0.717, 1.165) is 6.20 Å². The molecule has 0 amide bonds. The molecule has 0 aliphatic heterocycles. The second-order valence-corrected chi connectivity index (χ2v) is 3.82. The summed E-state index contributed by atoms with van der Waals surface area (Å²) < 4.78 is 5.40. The Morgan fingerprint density at radius 2 is 2.22 bits per heavy atom. The molecule has 0 atom stereocenters. The van der Waals surface area contributed by atoms with Crippen molar-refractivity contribution in [3.8, 4) is 11.6 Å². The molecule has 2 aromatic rings. The summed E-state index contributed by atoms with van der Waals surface area (Å²) >= 11 is 5.82. The molecule has 2 heterocycles. The van der Waals surface area contributed by atoms with Gasteiger partial charge in [0.2, 0.25) is 5.88 Å². The lowest BCUT2D eigenvalue weighted by Gasteiger charge is -2.06. The van der Waals surface area contributed by atoms with Gasteiger partial charge in [-0.25, -0.2) is 9.97 Å². The highest BCUT2D eigenvalue weighted by molar-refractivity contribution is 6.30. The second kappa shape index (κ2) is 4.97. The normalized spacial score (nSPS) is 10.1. The van der Waals surface area contributed by atoms with Gasteiger partial charge >= 0.3 is 0 Å². The Labute approximate surface area is 107 Å². The Bertz CT molecular complexity index is 604. The minimum atomic E-state index is -0.497. The van der Waals surface area contributed by atoms with Crippen molar-refractivity contribution in [3.63, 3.8) is 0 Å². The van der Waals surface area contributed by atoms with Crippen molar-refractivity contribution in [1.29, 1.82) is 0 Å². The smallest absolute Gasteiger partial charge is 0.290 e. The van der Waals surface area contributed by atoms with Crippen LogP contribution >= 0.6 is 11.6 Å². The predicted molar refractivity (Wildman–Crippen MR) is 64.9 cm³/mol. The zero-order valence-electron chi connectivity index (χ0n) is 9.33. The zero-order chi connectivity index (χ0) is 13.1. The van der Waals surface area contributed by atoms with E-state index in [1.807, 2.05) is 0 Å². The summed E-state index contributed by atoms with van der Waals surface area (Å²) in [6.45, 7) is 1.61. The minimum absolute atomic E-state index is 0.0559. The average Bonchev–Trinajstić information content (AvgIpc) is 2.32. The van der Waals surface area contributed by atoms with Gasteiger partial charge in [-0.15, -0.1) is 0 Å². The second-order valence-electron chi connectivity index (χ2n) is 3.46. The first-order valence-corrected chi connectivity index (χ1v) is 5.35. The summed E-state index contributed by atoms with van der Waals surface area (Å²) in [5, 5.41) is 10.8. The molecule has 0 saturated carbocycles. The summed E-state index contributed by atoms with van der Waals surface area (Å²) in [5.74, 6) is 0.577. The van der Waals surface area contributed by atoms with Gasteiger partial charge in [-0.3, -0.25) is 10.1 Å². The molecule has 0 spiro atoms. The Morgan fingerprint density at radius 1 is 1.44 bits per heavy atom. The summed E-state index contributed by atoms with van der Waals surface area (Å²) in [6.07, 6.45) is 2.68. The molecule has 6 nitrogen and oxygen atoms in total. The number of aryl methyl sites for hydroxylation is 1. The van der Waals surface area contributed by atoms with Crippen LogP contribution in [0.4, 0.5) is 5.69 Å². The third-order valence-electron chi connectivity index (χ3n) is 2.19. The maximum absolute atomic E-state index is 10.6. The van der Waals surface area contributed by atoms with Gasteiger partial charge in [-0.1, -0.05) is 11.6 Å². The maximum atomic E-state index is 10.6. The fraction of sp³-hybridized carbons (Fsp3) is 0.0909. The molecule has 0 aliphatic rings. The van der Waals surface area contributed by atoms with Crippen LogP contribution in [-0.2, 0) is 0 Å². The maximum Gasteiger partial charge on any atom is 0.290 e. The van der Waals surface area contributed by atoms with Crippen molar-refractivity contribution in [2.24, 2.45) is 0 Å². The van der Waals surface area contributed by atoms with Gasteiger partial charge in [0.05, 0.1) is 4.92 Å². The molecule has 0 fully saturated rings. The highest BCUT2D eigenvalue weighted by Crippen LogP contribution is 2.28. The van der Waals surface area contributed by atoms with Crippen molar-refractivity contribution in [2.45, 2.75) is 6.92 Å². The Morgan fingerprint density at radius 3 is 2.83 bits per heavy atom. The number of pyridine rings is 2. The van der Waals surface area contributed by atoms with Gasteiger partial charge in [-0.05, 0) is 19.1 Å². The first-order chi connectivity index (χ1) is 8.58. The van der Waals surface area contributed by atoms with E-state index in [-0.39, 0.29) is 16.7 Å². The van der Waals surface area contributed by atoms with Crippen molar-refractivity contribution in [1.82, 2.24) is 9.97 Å². The fourth-order valence-corrected chi connectivity index (χ4v) is 1.49. The topological polar surface area (TPSA) is 78.2 Å². The SMILES string of the molecule is Cc1cc(Oc2cccnc2Cl)ncc1[N+](=O)[O-]. The molecule has 0 saturated heterocycles. The van der Waals surface area contributed by atoms with Crippen LogP contribution in [0.2, 0.25) is 5.15 Å². The zero-order valence-corrected chi connectivity index (χ0v) is 10.1. The highest BCUT2D eigenvalue weighted by Gasteiger charge is 2.13. The van der Waals surface area contributed by atoms with Crippen LogP contribution in [0.15, 0.2) is 30.6 Å². The van der Waals surface area contributed by atoms with E-state index in [4.69, 9.17) is 16.3 Å². The van der Waals surface area contributed by atoms with E-state index < -0.39 is 4.92 Å². The first kappa shape index (κ1) is 12.3. The molecule has 0 aliphatic carbocycles. The summed E-state index contributed by atoms with van der Waals surface area (Å²) in [7, 11) is 0. The quantitative estimate of drug-likeness (QED) is 0.484. The number of halogens is 1. The fourth-order valence-electron chi connectivity index (χ4n) is 1.33. The van der Waals surface area contributed by atoms with Crippen molar-refractivity contribution in [3.05, 3.63) is 51.4 Å². The van der Waals surface area contributed by atoms with Crippen molar-refractivity contribution < 1.29 is 9.66 Å². The van der Waals surface area contributed by atoms with E-state index in [1.165, 1.54) is 12.3 Å². The minimum Gasteiger partial charge on any atom is -0.436 e. The standard InChI is InChI=1S/C11H8ClN3O3/c1-7-5-10(14-6-8(7)15(16)17)18-9-3-2-4-13-11(9)12/h2-6H,1H3. The number of aromatic nitrogens is 2. The lowest BCUT2D eigenvalue weighted by atomic mass is 10.2. The summed E-state index contributed by atoms with van der Waals surface area (Å²) in [5.41, 5.74) is 0.407. The predicted octanol–water partition coefficient (Wildman–Crippen LogP) is 3.14. The summed E-state index contributed by atoms with van der Waals surface area (Å²) in [6, 6.07) is 4.77. The third kappa shape index (κ3) is 2.54. The molecular formula is C11H8ClN3O3. The summed E-state index contributed by atoms with van der Waals surface area (Å²) in [4.78, 5) is 17.8. The molecule has 0 unspecified atom stereocenters. The number of hydrogen-bond acceptors (Lipinski definition) is 5. The van der Waals surface area contributed by atoms with Gasteiger partial charge < -0.3 is 4.74 Å². The number of rotatable bonds is 3. The molecule has 0 N–H and O–H groups in total. The molecule has 7 heteroatoms. The number of hydrogen-bond donors (Lipinski definition) is 0. The lowest BCUT2D eigenvalue weighted by Crippen LogP contribution is -1.95. The van der Waals surface area contributed by atoms with Gasteiger partial charge in [0.25, 0.3) is 5.69 Å². The van der Waals surface area contributed by atoms with Crippen LogP contribution in [0.1, 0.15) is 5.56 Å². The van der Waals surface area contributed by atoms with Crippen LogP contribution in [-0.4, -0.2) is 14.9 Å². The van der Waals surface area contributed by atoms with Gasteiger partial charge in [-0.2, -0.15) is 0 Å². The van der Waals surface area contributed by atoms with Crippen LogP contribution in [0.3, 0.4) is 0 Å². The van der Waals surface area contributed by atoms with E-state index in [2.05, 4.69) is 9.97 Å². The molecule has 0 radical (unpaired) electrons. The van der Waals surface area contributed by atoms with Crippen LogP contribution < -0.4 is 4.74 Å². The van der Waals surface area contributed by atoms with E-state index in [0.29, 0.717) is 11.3 Å². The van der Waals surface area contributed by atoms with Crippen LogP contribution in [0.5, 0.6) is 11.6 Å². The molecule has 18 heavy (non-hydrogen) atoms. The monoisotopic (exact) mass is 265 g/mol. The van der Waals surface area contributed by atoms with E-state index in [1.54, 1.807) is 19.1 Å². The average molecular weight is 266 g/mol. The molecular weight excluding hydrogens is 258 g/mol. The van der Waals surface area contributed by atoms with E-state index >= 15 is 0 Å². The molecule has 0 bridgehead atoms. The Hall–Kier alpha value is -2.21. The third-order valence-corrected chi connectivity index (χ3v) is 2.48. The molecule has 92 valence electrons. The highest BCUT2D eigenvalue weighted by atomic mass is 35.5. The van der Waals surface area contributed by atoms with Gasteiger partial charge in [0.1, 0.15) is 6.20 Å². The lowest BCUT2D eigenvalue weighted by molar-refractivity contribution is -0.385. The van der Waals surface area contributed by atoms with E-state index in [9.17, 15) is 10.1 Å². The van der Waals surface area contributed by atoms with Gasteiger partial charge in [0.15, 0.2) is 10.9 Å². The largest absolute Gasteiger partial charge is 0.436 e. The van der Waals surface area contributed by atoms with Gasteiger partial charge in [0, 0.05) is 17.8 Å². The van der Waals surface area contributed by atoms with Crippen LogP contribution in [0.25, 0.3) is 0 Å². The van der Waals surface area contributed by atoms with Crippen LogP contribution in [0, 0.1) is 17.0 Å². The molecule has 2 aromatic heterocycles. The van der Waals surface area contributed by atoms with Crippen molar-refractivity contribution >= 4 is 17.3 Å². The Kier molecular flexibility index (Phi) is 3.38. The Balaban J connectivity index is 2.29. The molecule has 0 aromatic carbocycles.